The minimum absolute atomic E-state index is 0.0128. The van der Waals surface area contributed by atoms with Crippen LogP contribution in [-0.2, 0) is 0 Å². The van der Waals surface area contributed by atoms with Gasteiger partial charge in [-0.05, 0) is 6.07 Å². The van der Waals surface area contributed by atoms with Gasteiger partial charge in [-0.15, -0.1) is 0 Å². The number of aromatic nitrogens is 3. The van der Waals surface area contributed by atoms with E-state index in [0.29, 0.717) is 0 Å². The highest BCUT2D eigenvalue weighted by molar-refractivity contribution is 6.35. The number of carbonyl (C=O) groups is 1. The summed E-state index contributed by atoms with van der Waals surface area (Å²) >= 11 is 5.80. The summed E-state index contributed by atoms with van der Waals surface area (Å²) in [5, 5.41) is 19.0. The maximum absolute atomic E-state index is 11.9. The zero-order chi connectivity index (χ0) is 13.1. The number of nitro groups is 1. The molecule has 0 unspecified atom stereocenters. The fraction of sp³-hybridized carbons (Fsp3) is 0. The van der Waals surface area contributed by atoms with Crippen LogP contribution < -0.4 is 5.32 Å². The molecule has 0 saturated heterocycles. The van der Waals surface area contributed by atoms with Gasteiger partial charge >= 0.3 is 0 Å². The van der Waals surface area contributed by atoms with Crippen molar-refractivity contribution in [3.63, 3.8) is 0 Å². The fourth-order valence-electron chi connectivity index (χ4n) is 1.33. The number of carbonyl (C=O) groups excluding carboxylic acids is 1. The summed E-state index contributed by atoms with van der Waals surface area (Å²) in [6.07, 6.45) is 1.19. The van der Waals surface area contributed by atoms with E-state index in [0.717, 1.165) is 0 Å². The van der Waals surface area contributed by atoms with Crippen molar-refractivity contribution in [2.75, 3.05) is 5.32 Å². The molecular formula is C9H6ClN5O3. The number of H-pyrrole nitrogens is 1. The SMILES string of the molecule is O=C(Nc1ncn[nH]1)c1c(Cl)cccc1[N+](=O)[O-]. The van der Waals surface area contributed by atoms with Gasteiger partial charge in [-0.1, -0.05) is 17.7 Å². The molecule has 18 heavy (non-hydrogen) atoms. The van der Waals surface area contributed by atoms with Gasteiger partial charge in [0.05, 0.1) is 9.95 Å². The Bertz CT molecular complexity index is 598. The molecule has 1 aromatic carbocycles. The van der Waals surface area contributed by atoms with Gasteiger partial charge in [-0.2, -0.15) is 10.1 Å². The molecule has 2 rings (SSSR count). The lowest BCUT2D eigenvalue weighted by Gasteiger charge is -2.04. The molecular weight excluding hydrogens is 262 g/mol. The topological polar surface area (TPSA) is 114 Å². The lowest BCUT2D eigenvalue weighted by atomic mass is 10.1. The molecule has 92 valence electrons. The van der Waals surface area contributed by atoms with Crippen molar-refractivity contribution in [1.82, 2.24) is 15.2 Å². The van der Waals surface area contributed by atoms with Gasteiger partial charge in [0, 0.05) is 6.07 Å². The van der Waals surface area contributed by atoms with Crippen LogP contribution in [-0.4, -0.2) is 26.0 Å². The molecule has 2 aromatic rings. The number of aromatic amines is 1. The van der Waals surface area contributed by atoms with Gasteiger partial charge in [0.25, 0.3) is 11.6 Å². The number of benzene rings is 1. The van der Waals surface area contributed by atoms with Crippen molar-refractivity contribution in [3.8, 4) is 0 Å². The van der Waals surface area contributed by atoms with Gasteiger partial charge in [-0.3, -0.25) is 20.2 Å². The average Bonchev–Trinajstić information content (AvgIpc) is 2.81. The Balaban J connectivity index is 2.38. The third kappa shape index (κ3) is 2.28. The Morgan fingerprint density at radius 3 is 2.89 bits per heavy atom. The van der Waals surface area contributed by atoms with Gasteiger partial charge < -0.3 is 0 Å². The lowest BCUT2D eigenvalue weighted by Crippen LogP contribution is -2.15. The number of hydrogen-bond acceptors (Lipinski definition) is 5. The van der Waals surface area contributed by atoms with E-state index in [4.69, 9.17) is 11.6 Å². The minimum atomic E-state index is -0.732. The molecule has 1 aromatic heterocycles. The van der Waals surface area contributed by atoms with Crippen molar-refractivity contribution < 1.29 is 9.72 Å². The fourth-order valence-corrected chi connectivity index (χ4v) is 1.58. The van der Waals surface area contributed by atoms with Gasteiger partial charge in [0.2, 0.25) is 5.95 Å². The molecule has 0 aliphatic heterocycles. The second-order valence-electron chi connectivity index (χ2n) is 3.18. The highest BCUT2D eigenvalue weighted by atomic mass is 35.5. The zero-order valence-corrected chi connectivity index (χ0v) is 9.51. The number of hydrogen-bond donors (Lipinski definition) is 2. The molecule has 8 nitrogen and oxygen atoms in total. The first kappa shape index (κ1) is 12.0. The quantitative estimate of drug-likeness (QED) is 0.648. The number of halogens is 1. The largest absolute Gasteiger partial charge is 0.291 e. The monoisotopic (exact) mass is 267 g/mol. The van der Waals surface area contributed by atoms with Crippen LogP contribution in [0.4, 0.5) is 11.6 Å². The summed E-state index contributed by atoms with van der Waals surface area (Å²) in [5.74, 6) is -0.654. The second-order valence-corrected chi connectivity index (χ2v) is 3.59. The molecule has 0 fully saturated rings. The van der Waals surface area contributed by atoms with Crippen LogP contribution in [0.5, 0.6) is 0 Å². The van der Waals surface area contributed by atoms with Gasteiger partial charge in [0.1, 0.15) is 11.9 Å². The molecule has 1 heterocycles. The van der Waals surface area contributed by atoms with Crippen molar-refractivity contribution in [2.24, 2.45) is 0 Å². The molecule has 0 spiro atoms. The van der Waals surface area contributed by atoms with E-state index in [1.807, 2.05) is 0 Å². The minimum Gasteiger partial charge on any atom is -0.291 e. The Hall–Kier alpha value is -2.48. The van der Waals surface area contributed by atoms with Crippen molar-refractivity contribution in [2.45, 2.75) is 0 Å². The molecule has 0 atom stereocenters. The van der Waals surface area contributed by atoms with Crippen molar-refractivity contribution in [3.05, 3.63) is 45.2 Å². The Kier molecular flexibility index (Phi) is 3.20. The highest BCUT2D eigenvalue weighted by Crippen LogP contribution is 2.26. The standard InChI is InChI=1S/C9H6ClN5O3/c10-5-2-1-3-6(15(17)18)7(5)8(16)13-9-11-4-12-14-9/h1-4H,(H2,11,12,13,14,16). The van der Waals surface area contributed by atoms with Crippen molar-refractivity contribution >= 4 is 29.1 Å². The van der Waals surface area contributed by atoms with Crippen LogP contribution in [0.3, 0.4) is 0 Å². The Morgan fingerprint density at radius 2 is 2.28 bits per heavy atom. The lowest BCUT2D eigenvalue weighted by molar-refractivity contribution is -0.385. The predicted octanol–water partition coefficient (Wildman–Crippen LogP) is 1.62. The van der Waals surface area contributed by atoms with Crippen LogP contribution >= 0.6 is 11.6 Å². The maximum atomic E-state index is 11.9. The van der Waals surface area contributed by atoms with Crippen LogP contribution in [0.1, 0.15) is 10.4 Å². The summed E-state index contributed by atoms with van der Waals surface area (Å²) < 4.78 is 0. The number of amides is 1. The van der Waals surface area contributed by atoms with E-state index in [1.165, 1.54) is 24.5 Å². The maximum Gasteiger partial charge on any atom is 0.283 e. The molecule has 0 aliphatic carbocycles. The summed E-state index contributed by atoms with van der Waals surface area (Å²) in [7, 11) is 0. The Labute approximate surface area is 105 Å². The number of nitrogens with zero attached hydrogens (tertiary/aromatic N) is 3. The molecule has 0 saturated carbocycles. The van der Waals surface area contributed by atoms with Crippen LogP contribution in [0.2, 0.25) is 5.02 Å². The molecule has 0 radical (unpaired) electrons. The first-order valence-corrected chi connectivity index (χ1v) is 5.07. The molecule has 0 aliphatic rings. The normalized spacial score (nSPS) is 10.1. The number of nitrogens with one attached hydrogen (secondary N) is 2. The third-order valence-corrected chi connectivity index (χ3v) is 2.38. The summed E-state index contributed by atoms with van der Waals surface area (Å²) in [6, 6.07) is 3.98. The first-order chi connectivity index (χ1) is 8.59. The van der Waals surface area contributed by atoms with E-state index in [9.17, 15) is 14.9 Å². The molecule has 0 bridgehead atoms. The predicted molar refractivity (Wildman–Crippen MR) is 62.4 cm³/mol. The van der Waals surface area contributed by atoms with Crippen molar-refractivity contribution in [1.29, 1.82) is 0 Å². The first-order valence-electron chi connectivity index (χ1n) is 4.69. The molecule has 2 N–H and O–H groups in total. The van der Waals surface area contributed by atoms with E-state index >= 15 is 0 Å². The zero-order valence-electron chi connectivity index (χ0n) is 8.75. The van der Waals surface area contributed by atoms with Crippen LogP contribution in [0, 0.1) is 10.1 Å². The highest BCUT2D eigenvalue weighted by Gasteiger charge is 2.23. The summed E-state index contributed by atoms with van der Waals surface area (Å²) in [4.78, 5) is 25.7. The van der Waals surface area contributed by atoms with Crippen LogP contribution in [0.25, 0.3) is 0 Å². The van der Waals surface area contributed by atoms with E-state index < -0.39 is 10.8 Å². The smallest absolute Gasteiger partial charge is 0.283 e. The van der Waals surface area contributed by atoms with E-state index in [2.05, 4.69) is 20.5 Å². The second kappa shape index (κ2) is 4.80. The summed E-state index contributed by atoms with van der Waals surface area (Å²) in [5.41, 5.74) is -0.597. The average molecular weight is 268 g/mol. The number of nitro benzene ring substituents is 1. The summed E-state index contributed by atoms with van der Waals surface area (Å²) in [6.45, 7) is 0. The number of rotatable bonds is 3. The third-order valence-electron chi connectivity index (χ3n) is 2.06. The molecule has 1 amide bonds. The van der Waals surface area contributed by atoms with E-state index in [-0.39, 0.29) is 22.2 Å². The Morgan fingerprint density at radius 1 is 1.50 bits per heavy atom. The van der Waals surface area contributed by atoms with Crippen LogP contribution in [0.15, 0.2) is 24.5 Å². The van der Waals surface area contributed by atoms with Gasteiger partial charge in [0.15, 0.2) is 0 Å². The van der Waals surface area contributed by atoms with E-state index in [1.54, 1.807) is 0 Å². The van der Waals surface area contributed by atoms with Gasteiger partial charge in [-0.25, -0.2) is 5.10 Å². The molecule has 9 heteroatoms. The number of anilines is 1.